The van der Waals surface area contributed by atoms with Gasteiger partial charge in [0.2, 0.25) is 0 Å². The molecule has 18 heavy (non-hydrogen) atoms. The lowest BCUT2D eigenvalue weighted by Crippen LogP contribution is -2.29. The molecule has 1 aromatic heterocycles. The molecule has 1 aromatic rings. The zero-order valence-corrected chi connectivity index (χ0v) is 12.4. The normalized spacial score (nSPS) is 22.4. The average Bonchev–Trinajstić information content (AvgIpc) is 3.03. The molecular formula is C14H25N3S. The lowest BCUT2D eigenvalue weighted by Gasteiger charge is -2.25. The fourth-order valence-corrected chi connectivity index (χ4v) is 3.64. The summed E-state index contributed by atoms with van der Waals surface area (Å²) in [5, 5.41) is 6.93. The first-order valence-electron chi connectivity index (χ1n) is 7.19. The van der Waals surface area contributed by atoms with Crippen LogP contribution in [0.25, 0.3) is 0 Å². The highest BCUT2D eigenvalue weighted by molar-refractivity contribution is 7.09. The number of hydrogen-bond donors (Lipinski definition) is 1. The van der Waals surface area contributed by atoms with Crippen molar-refractivity contribution in [2.24, 2.45) is 5.92 Å². The van der Waals surface area contributed by atoms with E-state index in [1.165, 1.54) is 43.9 Å². The number of aromatic nitrogens is 1. The highest BCUT2D eigenvalue weighted by Crippen LogP contribution is 2.30. The van der Waals surface area contributed by atoms with Crippen molar-refractivity contribution in [3.63, 3.8) is 0 Å². The summed E-state index contributed by atoms with van der Waals surface area (Å²) in [5.41, 5.74) is 0. The maximum absolute atomic E-state index is 4.49. The van der Waals surface area contributed by atoms with Gasteiger partial charge in [-0.25, -0.2) is 4.98 Å². The van der Waals surface area contributed by atoms with Gasteiger partial charge in [-0.1, -0.05) is 13.8 Å². The Morgan fingerprint density at radius 3 is 3.11 bits per heavy atom. The van der Waals surface area contributed by atoms with E-state index in [-0.39, 0.29) is 0 Å². The quantitative estimate of drug-likeness (QED) is 0.770. The molecule has 1 fully saturated rings. The molecular weight excluding hydrogens is 242 g/mol. The van der Waals surface area contributed by atoms with E-state index in [9.17, 15) is 0 Å². The zero-order chi connectivity index (χ0) is 12.8. The summed E-state index contributed by atoms with van der Waals surface area (Å²) in [6, 6.07) is 0.543. The minimum absolute atomic E-state index is 0.543. The van der Waals surface area contributed by atoms with Gasteiger partial charge in [0.15, 0.2) is 0 Å². The van der Waals surface area contributed by atoms with Crippen molar-refractivity contribution < 1.29 is 0 Å². The number of hydrogen-bond acceptors (Lipinski definition) is 4. The molecule has 1 saturated heterocycles. The molecule has 0 radical (unpaired) electrons. The molecule has 3 nitrogen and oxygen atoms in total. The van der Waals surface area contributed by atoms with Gasteiger partial charge in [0.25, 0.3) is 0 Å². The maximum Gasteiger partial charge on any atom is 0.110 e. The van der Waals surface area contributed by atoms with Gasteiger partial charge in [-0.15, -0.1) is 11.3 Å². The van der Waals surface area contributed by atoms with Crippen molar-refractivity contribution in [1.82, 2.24) is 15.2 Å². The van der Waals surface area contributed by atoms with E-state index in [4.69, 9.17) is 0 Å². The van der Waals surface area contributed by atoms with E-state index in [1.807, 2.05) is 6.20 Å². The standard InChI is InChI=1S/C14H25N3S/c1-3-6-15-10-12-5-8-17(11-12)13(4-2)14-16-7-9-18-14/h7,9,12-13,15H,3-6,8,10-11H2,1-2H3. The molecule has 2 heterocycles. The largest absolute Gasteiger partial charge is 0.316 e. The fourth-order valence-electron chi connectivity index (χ4n) is 2.78. The molecule has 1 aliphatic heterocycles. The van der Waals surface area contributed by atoms with Crippen molar-refractivity contribution in [1.29, 1.82) is 0 Å². The monoisotopic (exact) mass is 267 g/mol. The van der Waals surface area contributed by atoms with Crippen LogP contribution in [-0.4, -0.2) is 36.1 Å². The molecule has 0 saturated carbocycles. The number of nitrogens with zero attached hydrogens (tertiary/aromatic N) is 2. The highest BCUT2D eigenvalue weighted by Gasteiger charge is 2.28. The van der Waals surface area contributed by atoms with Crippen LogP contribution in [0.4, 0.5) is 0 Å². The van der Waals surface area contributed by atoms with Crippen molar-refractivity contribution in [2.45, 2.75) is 39.2 Å². The fraction of sp³-hybridized carbons (Fsp3) is 0.786. The summed E-state index contributed by atoms with van der Waals surface area (Å²) in [6.45, 7) is 9.29. The third-order valence-corrected chi connectivity index (χ3v) is 4.62. The van der Waals surface area contributed by atoms with Gasteiger partial charge < -0.3 is 5.32 Å². The van der Waals surface area contributed by atoms with E-state index in [0.717, 1.165) is 12.5 Å². The Morgan fingerprint density at radius 1 is 1.56 bits per heavy atom. The van der Waals surface area contributed by atoms with Crippen molar-refractivity contribution in [2.75, 3.05) is 26.2 Å². The first-order valence-corrected chi connectivity index (χ1v) is 8.07. The third kappa shape index (κ3) is 3.53. The van der Waals surface area contributed by atoms with Crippen LogP contribution in [0.2, 0.25) is 0 Å². The summed E-state index contributed by atoms with van der Waals surface area (Å²) in [5.74, 6) is 0.825. The van der Waals surface area contributed by atoms with Gasteiger partial charge >= 0.3 is 0 Å². The minimum atomic E-state index is 0.543. The summed E-state index contributed by atoms with van der Waals surface area (Å²) in [7, 11) is 0. The Labute approximate surface area is 115 Å². The highest BCUT2D eigenvalue weighted by atomic mass is 32.1. The minimum Gasteiger partial charge on any atom is -0.316 e. The van der Waals surface area contributed by atoms with Crippen LogP contribution >= 0.6 is 11.3 Å². The smallest absolute Gasteiger partial charge is 0.110 e. The van der Waals surface area contributed by atoms with Crippen LogP contribution < -0.4 is 5.32 Å². The lowest BCUT2D eigenvalue weighted by molar-refractivity contribution is 0.229. The van der Waals surface area contributed by atoms with Crippen LogP contribution in [0, 0.1) is 5.92 Å². The second kappa shape index (κ2) is 7.22. The molecule has 0 spiro atoms. The predicted octanol–water partition coefficient (Wildman–Crippen LogP) is 2.92. The molecule has 1 aliphatic rings. The Bertz CT molecular complexity index is 326. The van der Waals surface area contributed by atoms with Crippen molar-refractivity contribution >= 4 is 11.3 Å². The first-order chi connectivity index (χ1) is 8.85. The van der Waals surface area contributed by atoms with E-state index >= 15 is 0 Å². The predicted molar refractivity (Wildman–Crippen MR) is 78.0 cm³/mol. The van der Waals surface area contributed by atoms with Gasteiger partial charge in [-0.05, 0) is 44.8 Å². The summed E-state index contributed by atoms with van der Waals surface area (Å²) >= 11 is 1.80. The molecule has 4 heteroatoms. The summed E-state index contributed by atoms with van der Waals surface area (Å²) in [6.07, 6.45) is 5.66. The molecule has 2 unspecified atom stereocenters. The van der Waals surface area contributed by atoms with Gasteiger partial charge in [0.05, 0.1) is 6.04 Å². The number of rotatable bonds is 7. The number of nitrogens with one attached hydrogen (secondary N) is 1. The van der Waals surface area contributed by atoms with Crippen LogP contribution in [0.1, 0.15) is 44.2 Å². The SMILES string of the molecule is CCCNCC1CCN(C(CC)c2nccs2)C1. The molecule has 1 N–H and O–H groups in total. The Hall–Kier alpha value is -0.450. The maximum atomic E-state index is 4.49. The average molecular weight is 267 g/mol. The van der Waals surface area contributed by atoms with E-state index in [2.05, 4.69) is 34.4 Å². The lowest BCUT2D eigenvalue weighted by atomic mass is 10.1. The van der Waals surface area contributed by atoms with E-state index in [0.29, 0.717) is 6.04 Å². The van der Waals surface area contributed by atoms with Gasteiger partial charge in [0, 0.05) is 18.1 Å². The molecule has 0 amide bonds. The first kappa shape index (κ1) is 14.0. The van der Waals surface area contributed by atoms with Crippen molar-refractivity contribution in [3.05, 3.63) is 16.6 Å². The molecule has 0 aliphatic carbocycles. The topological polar surface area (TPSA) is 28.2 Å². The summed E-state index contributed by atoms with van der Waals surface area (Å²) in [4.78, 5) is 7.12. The van der Waals surface area contributed by atoms with Crippen LogP contribution in [-0.2, 0) is 0 Å². The van der Waals surface area contributed by atoms with Crippen LogP contribution in [0.15, 0.2) is 11.6 Å². The second-order valence-electron chi connectivity index (χ2n) is 5.15. The van der Waals surface area contributed by atoms with E-state index in [1.54, 1.807) is 11.3 Å². The number of likely N-dealkylation sites (tertiary alicyclic amines) is 1. The number of thiazole rings is 1. The summed E-state index contributed by atoms with van der Waals surface area (Å²) < 4.78 is 0. The van der Waals surface area contributed by atoms with Gasteiger partial charge in [0.1, 0.15) is 5.01 Å². The van der Waals surface area contributed by atoms with Gasteiger partial charge in [-0.2, -0.15) is 0 Å². The van der Waals surface area contributed by atoms with E-state index < -0.39 is 0 Å². The molecule has 0 aromatic carbocycles. The van der Waals surface area contributed by atoms with Gasteiger partial charge in [-0.3, -0.25) is 4.90 Å². The Morgan fingerprint density at radius 2 is 2.44 bits per heavy atom. The second-order valence-corrected chi connectivity index (χ2v) is 6.07. The Balaban J connectivity index is 1.83. The third-order valence-electron chi connectivity index (χ3n) is 3.74. The van der Waals surface area contributed by atoms with Crippen LogP contribution in [0.5, 0.6) is 0 Å². The molecule has 102 valence electrons. The Kier molecular flexibility index (Phi) is 5.60. The zero-order valence-electron chi connectivity index (χ0n) is 11.6. The van der Waals surface area contributed by atoms with Crippen molar-refractivity contribution in [3.8, 4) is 0 Å². The molecule has 2 rings (SSSR count). The molecule has 2 atom stereocenters. The molecule has 0 bridgehead atoms. The van der Waals surface area contributed by atoms with Crippen LogP contribution in [0.3, 0.4) is 0 Å².